The average molecular weight is 585 g/mol. The fourth-order valence-electron chi connectivity index (χ4n) is 3.62. The Labute approximate surface area is 235 Å². The van der Waals surface area contributed by atoms with Crippen LogP contribution in [-0.2, 0) is 9.53 Å². The van der Waals surface area contributed by atoms with Crippen LogP contribution in [0.25, 0.3) is 10.1 Å². The van der Waals surface area contributed by atoms with Crippen molar-refractivity contribution < 1.29 is 19.4 Å². The molecule has 3 aromatic rings. The van der Waals surface area contributed by atoms with E-state index >= 15 is 0 Å². The standard InChI is InChI=1S/C26H31Cl2N3O4S2/c1-16(2)11-21(31-26(34)24-12-17-5-3-4-6-22(17)36-24)25(33)29-14-19(35-15-32)9-10-30-37-23-8-7-18(27)13-20(23)28/h3-8,12-13,16,19,21,30,32H,9-11,14-15H2,1-2H3,(H,29,33)(H,31,34). The summed E-state index contributed by atoms with van der Waals surface area (Å²) in [7, 11) is 0. The number of ether oxygens (including phenoxy) is 1. The van der Waals surface area contributed by atoms with Crippen molar-refractivity contribution in [2.24, 2.45) is 5.92 Å². The third-order valence-corrected chi connectivity index (χ3v) is 8.14. The van der Waals surface area contributed by atoms with Crippen molar-refractivity contribution in [1.82, 2.24) is 15.4 Å². The van der Waals surface area contributed by atoms with Gasteiger partial charge in [-0.2, -0.15) is 0 Å². The molecule has 37 heavy (non-hydrogen) atoms. The number of carbonyl (C=O) groups is 2. The SMILES string of the molecule is CC(C)CC(NC(=O)c1cc2ccccc2s1)C(=O)NCC(CCNSc1ccc(Cl)cc1Cl)OCO. The summed E-state index contributed by atoms with van der Waals surface area (Å²) < 4.78 is 9.61. The number of carbonyl (C=O) groups excluding carboxylic acids is 2. The highest BCUT2D eigenvalue weighted by Gasteiger charge is 2.24. The molecule has 0 bridgehead atoms. The number of amides is 2. The number of halogens is 2. The average Bonchev–Trinajstić information content (AvgIpc) is 3.30. The van der Waals surface area contributed by atoms with E-state index in [-0.39, 0.29) is 24.3 Å². The van der Waals surface area contributed by atoms with Crippen LogP contribution in [-0.4, -0.2) is 48.9 Å². The molecule has 2 aromatic carbocycles. The third-order valence-electron chi connectivity index (χ3n) is 5.44. The first-order chi connectivity index (χ1) is 17.8. The van der Waals surface area contributed by atoms with E-state index in [1.807, 2.05) is 50.2 Å². The van der Waals surface area contributed by atoms with E-state index in [0.29, 0.717) is 34.3 Å². The van der Waals surface area contributed by atoms with Crippen LogP contribution in [0.15, 0.2) is 53.4 Å². The van der Waals surface area contributed by atoms with Crippen LogP contribution < -0.4 is 15.4 Å². The van der Waals surface area contributed by atoms with Gasteiger partial charge in [0.1, 0.15) is 12.8 Å². The number of thiophene rings is 1. The van der Waals surface area contributed by atoms with E-state index in [9.17, 15) is 14.7 Å². The van der Waals surface area contributed by atoms with Crippen LogP contribution in [0, 0.1) is 5.92 Å². The van der Waals surface area contributed by atoms with Gasteiger partial charge in [-0.3, -0.25) is 14.3 Å². The normalized spacial score (nSPS) is 13.0. The van der Waals surface area contributed by atoms with E-state index in [4.69, 9.17) is 27.9 Å². The quantitative estimate of drug-likeness (QED) is 0.114. The van der Waals surface area contributed by atoms with Crippen LogP contribution in [0.4, 0.5) is 0 Å². The summed E-state index contributed by atoms with van der Waals surface area (Å²) in [5, 5.41) is 17.2. The summed E-state index contributed by atoms with van der Waals surface area (Å²) in [6.45, 7) is 4.28. The molecule has 3 rings (SSSR count). The summed E-state index contributed by atoms with van der Waals surface area (Å²) >= 11 is 14.9. The van der Waals surface area contributed by atoms with Gasteiger partial charge in [0.05, 0.1) is 16.0 Å². The van der Waals surface area contributed by atoms with Gasteiger partial charge in [0.2, 0.25) is 5.91 Å². The summed E-state index contributed by atoms with van der Waals surface area (Å²) in [4.78, 5) is 27.3. The first-order valence-electron chi connectivity index (χ1n) is 11.9. The molecular formula is C26H31Cl2N3O4S2. The smallest absolute Gasteiger partial charge is 0.262 e. The lowest BCUT2D eigenvalue weighted by Crippen LogP contribution is -2.49. The van der Waals surface area contributed by atoms with Gasteiger partial charge in [-0.15, -0.1) is 11.3 Å². The lowest BCUT2D eigenvalue weighted by molar-refractivity contribution is -0.124. The van der Waals surface area contributed by atoms with E-state index in [0.717, 1.165) is 15.0 Å². The number of hydrogen-bond acceptors (Lipinski definition) is 7. The minimum atomic E-state index is -0.687. The maximum Gasteiger partial charge on any atom is 0.262 e. The zero-order valence-electron chi connectivity index (χ0n) is 20.6. The second-order valence-electron chi connectivity index (χ2n) is 8.83. The van der Waals surface area contributed by atoms with Gasteiger partial charge < -0.3 is 20.5 Å². The molecule has 1 heterocycles. The Morgan fingerprint density at radius 2 is 1.92 bits per heavy atom. The monoisotopic (exact) mass is 583 g/mol. The zero-order chi connectivity index (χ0) is 26.8. The molecule has 0 aliphatic carbocycles. The Morgan fingerprint density at radius 1 is 1.14 bits per heavy atom. The molecular weight excluding hydrogens is 553 g/mol. The number of aliphatic hydroxyl groups is 1. The number of rotatable bonds is 14. The van der Waals surface area contributed by atoms with E-state index in [2.05, 4.69) is 15.4 Å². The molecule has 0 spiro atoms. The van der Waals surface area contributed by atoms with Crippen molar-refractivity contribution in [3.05, 3.63) is 63.5 Å². The molecule has 2 amide bonds. The number of aliphatic hydroxyl groups excluding tert-OH is 1. The molecule has 2 unspecified atom stereocenters. The molecule has 4 N–H and O–H groups in total. The van der Waals surface area contributed by atoms with Crippen molar-refractivity contribution >= 4 is 68.4 Å². The van der Waals surface area contributed by atoms with Crippen LogP contribution in [0.3, 0.4) is 0 Å². The molecule has 7 nitrogen and oxygen atoms in total. The van der Waals surface area contributed by atoms with Crippen LogP contribution in [0.1, 0.15) is 36.4 Å². The summed E-state index contributed by atoms with van der Waals surface area (Å²) in [5.41, 5.74) is 0. The van der Waals surface area contributed by atoms with E-state index in [1.54, 1.807) is 12.1 Å². The van der Waals surface area contributed by atoms with Crippen molar-refractivity contribution in [2.75, 3.05) is 19.9 Å². The molecule has 0 aliphatic heterocycles. The third kappa shape index (κ3) is 9.44. The Balaban J connectivity index is 1.52. The van der Waals surface area contributed by atoms with Crippen LogP contribution in [0.5, 0.6) is 0 Å². The number of fused-ring (bicyclic) bond motifs is 1. The molecule has 2 atom stereocenters. The van der Waals surface area contributed by atoms with E-state index in [1.165, 1.54) is 23.3 Å². The minimum absolute atomic E-state index is 0.195. The molecule has 0 saturated carbocycles. The van der Waals surface area contributed by atoms with Gasteiger partial charge in [-0.25, -0.2) is 0 Å². The van der Waals surface area contributed by atoms with Gasteiger partial charge in [0.15, 0.2) is 0 Å². The molecule has 0 radical (unpaired) electrons. The maximum absolute atomic E-state index is 13.0. The predicted octanol–water partition coefficient (Wildman–Crippen LogP) is 5.49. The lowest BCUT2D eigenvalue weighted by Gasteiger charge is -2.22. The highest BCUT2D eigenvalue weighted by Crippen LogP contribution is 2.28. The van der Waals surface area contributed by atoms with Crippen molar-refractivity contribution in [2.45, 2.75) is 43.7 Å². The largest absolute Gasteiger partial charge is 0.371 e. The number of hydrogen-bond donors (Lipinski definition) is 4. The molecule has 11 heteroatoms. The highest BCUT2D eigenvalue weighted by molar-refractivity contribution is 7.97. The van der Waals surface area contributed by atoms with Crippen LogP contribution in [0.2, 0.25) is 10.0 Å². The fourth-order valence-corrected chi connectivity index (χ4v) is 5.78. The first kappa shape index (κ1) is 29.7. The molecule has 0 fully saturated rings. The number of nitrogens with one attached hydrogen (secondary N) is 3. The number of benzene rings is 2. The fraction of sp³-hybridized carbons (Fsp3) is 0.385. The van der Waals surface area contributed by atoms with Crippen molar-refractivity contribution in [3.63, 3.8) is 0 Å². The molecule has 0 aliphatic rings. The van der Waals surface area contributed by atoms with Crippen molar-refractivity contribution in [1.29, 1.82) is 0 Å². The summed E-state index contributed by atoms with van der Waals surface area (Å²) in [6, 6.07) is 14.2. The molecule has 1 aromatic heterocycles. The highest BCUT2D eigenvalue weighted by atomic mass is 35.5. The van der Waals surface area contributed by atoms with Gasteiger partial charge in [0.25, 0.3) is 5.91 Å². The summed E-state index contributed by atoms with van der Waals surface area (Å²) in [5.74, 6) is -0.360. The van der Waals surface area contributed by atoms with Gasteiger partial charge in [-0.05, 0) is 66.4 Å². The molecule has 0 saturated heterocycles. The summed E-state index contributed by atoms with van der Waals surface area (Å²) in [6.07, 6.45) is 0.608. The zero-order valence-corrected chi connectivity index (χ0v) is 23.8. The Hall–Kier alpha value is -1.85. The lowest BCUT2D eigenvalue weighted by atomic mass is 10.0. The predicted molar refractivity (Wildman–Crippen MR) is 152 cm³/mol. The van der Waals surface area contributed by atoms with Gasteiger partial charge >= 0.3 is 0 Å². The second-order valence-corrected chi connectivity index (χ2v) is 11.7. The maximum atomic E-state index is 13.0. The topological polar surface area (TPSA) is 99.7 Å². The van der Waals surface area contributed by atoms with Crippen LogP contribution >= 0.6 is 46.5 Å². The van der Waals surface area contributed by atoms with Crippen molar-refractivity contribution in [3.8, 4) is 0 Å². The Morgan fingerprint density at radius 3 is 2.62 bits per heavy atom. The van der Waals surface area contributed by atoms with E-state index < -0.39 is 18.9 Å². The Bertz CT molecular complexity index is 1160. The van der Waals surface area contributed by atoms with Gasteiger partial charge in [0, 0.05) is 27.7 Å². The minimum Gasteiger partial charge on any atom is -0.371 e. The Kier molecular flexibility index (Phi) is 12.0. The molecule has 200 valence electrons. The van der Waals surface area contributed by atoms with Gasteiger partial charge in [-0.1, -0.05) is 55.2 Å². The second kappa shape index (κ2) is 14.9. The first-order valence-corrected chi connectivity index (χ1v) is 14.3.